The molecule has 1 N–H and O–H groups in total. The molecule has 1 aromatic rings. The van der Waals surface area contributed by atoms with Crippen LogP contribution in [0.2, 0.25) is 0 Å². The molecule has 1 aromatic heterocycles. The summed E-state index contributed by atoms with van der Waals surface area (Å²) >= 11 is 0. The van der Waals surface area contributed by atoms with Crippen molar-refractivity contribution in [3.8, 4) is 0 Å². The van der Waals surface area contributed by atoms with Crippen molar-refractivity contribution < 1.29 is 0 Å². The summed E-state index contributed by atoms with van der Waals surface area (Å²) in [4.78, 5) is 6.91. The summed E-state index contributed by atoms with van der Waals surface area (Å²) in [6, 6.07) is 4.31. The van der Waals surface area contributed by atoms with Gasteiger partial charge in [-0.05, 0) is 56.3 Å². The van der Waals surface area contributed by atoms with E-state index in [1.165, 1.54) is 37.9 Å². The molecule has 1 heterocycles. The molecule has 0 spiro atoms. The van der Waals surface area contributed by atoms with Gasteiger partial charge in [0, 0.05) is 25.8 Å². The number of nitrogens with zero attached hydrogens (tertiary/aromatic N) is 2. The fraction of sp³-hybridized carbons (Fsp3) is 0.667. The first-order valence-corrected chi connectivity index (χ1v) is 7.23. The van der Waals surface area contributed by atoms with Crippen LogP contribution in [0, 0.1) is 5.92 Å². The number of anilines is 1. The van der Waals surface area contributed by atoms with E-state index in [2.05, 4.69) is 41.2 Å². The van der Waals surface area contributed by atoms with Gasteiger partial charge in [-0.25, -0.2) is 4.98 Å². The highest BCUT2D eigenvalue weighted by Gasteiger charge is 2.23. The largest absolute Gasteiger partial charge is 0.370 e. The molecule has 1 fully saturated rings. The predicted octanol–water partition coefficient (Wildman–Crippen LogP) is 3.14. The molecule has 3 heteroatoms. The van der Waals surface area contributed by atoms with E-state index in [1.807, 2.05) is 6.20 Å². The van der Waals surface area contributed by atoms with E-state index in [-0.39, 0.29) is 0 Å². The van der Waals surface area contributed by atoms with Crippen LogP contribution >= 0.6 is 0 Å². The molecule has 0 radical (unpaired) electrons. The van der Waals surface area contributed by atoms with Crippen LogP contribution in [0.4, 0.5) is 5.82 Å². The van der Waals surface area contributed by atoms with Gasteiger partial charge in [0.1, 0.15) is 5.82 Å². The van der Waals surface area contributed by atoms with E-state index in [0.29, 0.717) is 0 Å². The second kappa shape index (κ2) is 6.74. The van der Waals surface area contributed by atoms with Crippen LogP contribution < -0.4 is 5.32 Å². The van der Waals surface area contributed by atoms with Gasteiger partial charge in [0.25, 0.3) is 0 Å². The Morgan fingerprint density at radius 1 is 1.39 bits per heavy atom. The normalized spacial score (nSPS) is 15.1. The number of aromatic nitrogens is 1. The van der Waals surface area contributed by atoms with Crippen molar-refractivity contribution in [2.45, 2.75) is 39.7 Å². The molecular formula is C15H25N3. The molecule has 0 aliphatic heterocycles. The molecule has 100 valence electrons. The number of pyridine rings is 1. The van der Waals surface area contributed by atoms with Crippen molar-refractivity contribution in [2.24, 2.45) is 5.92 Å². The predicted molar refractivity (Wildman–Crippen MR) is 76.7 cm³/mol. The highest BCUT2D eigenvalue weighted by Crippen LogP contribution is 2.30. The third kappa shape index (κ3) is 4.30. The first kappa shape index (κ1) is 13.3. The highest BCUT2D eigenvalue weighted by molar-refractivity contribution is 5.37. The number of hydrogen-bond donors (Lipinski definition) is 1. The summed E-state index contributed by atoms with van der Waals surface area (Å²) in [5, 5.41) is 3.28. The van der Waals surface area contributed by atoms with Crippen molar-refractivity contribution in [1.29, 1.82) is 0 Å². The zero-order chi connectivity index (χ0) is 12.8. The molecule has 3 nitrogen and oxygen atoms in total. The smallest absolute Gasteiger partial charge is 0.126 e. The van der Waals surface area contributed by atoms with Gasteiger partial charge in [-0.15, -0.1) is 0 Å². The Labute approximate surface area is 111 Å². The Morgan fingerprint density at radius 3 is 2.89 bits per heavy atom. The number of nitrogens with one attached hydrogen (secondary N) is 1. The molecule has 0 amide bonds. The molecular weight excluding hydrogens is 222 g/mol. The Balaban J connectivity index is 1.93. The lowest BCUT2D eigenvalue weighted by Crippen LogP contribution is -2.26. The van der Waals surface area contributed by atoms with E-state index in [4.69, 9.17) is 0 Å². The molecule has 0 unspecified atom stereocenters. The molecule has 0 aromatic carbocycles. The van der Waals surface area contributed by atoms with Gasteiger partial charge in [0.15, 0.2) is 0 Å². The lowest BCUT2D eigenvalue weighted by Gasteiger charge is -2.21. The topological polar surface area (TPSA) is 28.2 Å². The van der Waals surface area contributed by atoms with Gasteiger partial charge in [-0.2, -0.15) is 0 Å². The Kier molecular flexibility index (Phi) is 5.00. The molecule has 18 heavy (non-hydrogen) atoms. The highest BCUT2D eigenvalue weighted by atomic mass is 15.1. The lowest BCUT2D eigenvalue weighted by molar-refractivity contribution is 0.255. The third-order valence-electron chi connectivity index (χ3n) is 3.34. The summed E-state index contributed by atoms with van der Waals surface area (Å²) in [6.07, 6.45) is 6.00. The Bertz CT molecular complexity index is 361. The maximum absolute atomic E-state index is 4.33. The zero-order valence-corrected chi connectivity index (χ0v) is 11.7. The van der Waals surface area contributed by atoms with Gasteiger partial charge >= 0.3 is 0 Å². The summed E-state index contributed by atoms with van der Waals surface area (Å²) in [5.41, 5.74) is 1.37. The number of rotatable bonds is 8. The molecule has 0 atom stereocenters. The van der Waals surface area contributed by atoms with Crippen molar-refractivity contribution in [3.63, 3.8) is 0 Å². The number of hydrogen-bond acceptors (Lipinski definition) is 3. The van der Waals surface area contributed by atoms with Gasteiger partial charge in [-0.3, -0.25) is 4.90 Å². The zero-order valence-electron chi connectivity index (χ0n) is 11.7. The van der Waals surface area contributed by atoms with Crippen LogP contribution in [0.15, 0.2) is 18.3 Å². The van der Waals surface area contributed by atoms with Gasteiger partial charge in [0.05, 0.1) is 0 Å². The molecule has 1 aliphatic rings. The first-order valence-electron chi connectivity index (χ1n) is 7.23. The Hall–Kier alpha value is -1.09. The van der Waals surface area contributed by atoms with Crippen molar-refractivity contribution in [3.05, 3.63) is 23.9 Å². The van der Waals surface area contributed by atoms with Crippen molar-refractivity contribution in [2.75, 3.05) is 25.0 Å². The molecule has 0 bridgehead atoms. The fourth-order valence-electron chi connectivity index (χ4n) is 2.33. The fourth-order valence-corrected chi connectivity index (χ4v) is 2.33. The average molecular weight is 247 g/mol. The summed E-state index contributed by atoms with van der Waals surface area (Å²) in [6.45, 7) is 8.83. The minimum absolute atomic E-state index is 0.928. The Morgan fingerprint density at radius 2 is 2.22 bits per heavy atom. The van der Waals surface area contributed by atoms with E-state index in [0.717, 1.165) is 24.8 Å². The monoisotopic (exact) mass is 247 g/mol. The lowest BCUT2D eigenvalue weighted by atomic mass is 10.2. The van der Waals surface area contributed by atoms with Crippen LogP contribution in [-0.2, 0) is 6.54 Å². The van der Waals surface area contributed by atoms with Crippen LogP contribution in [0.25, 0.3) is 0 Å². The SMILES string of the molecule is CCCN(Cc1ccnc(NCC)c1)CC1CC1. The summed E-state index contributed by atoms with van der Waals surface area (Å²) in [7, 11) is 0. The van der Waals surface area contributed by atoms with E-state index in [1.54, 1.807) is 0 Å². The van der Waals surface area contributed by atoms with E-state index in [9.17, 15) is 0 Å². The summed E-state index contributed by atoms with van der Waals surface area (Å²) in [5.74, 6) is 1.96. The van der Waals surface area contributed by atoms with Crippen LogP contribution in [0.5, 0.6) is 0 Å². The van der Waals surface area contributed by atoms with Crippen molar-refractivity contribution in [1.82, 2.24) is 9.88 Å². The average Bonchev–Trinajstić information content (AvgIpc) is 3.14. The molecule has 1 aliphatic carbocycles. The second-order valence-corrected chi connectivity index (χ2v) is 5.26. The van der Waals surface area contributed by atoms with E-state index >= 15 is 0 Å². The third-order valence-corrected chi connectivity index (χ3v) is 3.34. The quantitative estimate of drug-likeness (QED) is 0.765. The second-order valence-electron chi connectivity index (χ2n) is 5.26. The maximum Gasteiger partial charge on any atom is 0.126 e. The molecule has 1 saturated carbocycles. The molecule has 2 rings (SSSR count). The van der Waals surface area contributed by atoms with Gasteiger partial charge in [0.2, 0.25) is 0 Å². The van der Waals surface area contributed by atoms with Crippen LogP contribution in [0.3, 0.4) is 0 Å². The van der Waals surface area contributed by atoms with Gasteiger partial charge in [-0.1, -0.05) is 6.92 Å². The minimum atomic E-state index is 0.928. The van der Waals surface area contributed by atoms with Crippen molar-refractivity contribution >= 4 is 5.82 Å². The van der Waals surface area contributed by atoms with E-state index < -0.39 is 0 Å². The van der Waals surface area contributed by atoms with Crippen LogP contribution in [0.1, 0.15) is 38.7 Å². The first-order chi connectivity index (χ1) is 8.81. The van der Waals surface area contributed by atoms with Gasteiger partial charge < -0.3 is 5.32 Å². The maximum atomic E-state index is 4.33. The standard InChI is InChI=1S/C15H25N3/c1-3-9-18(11-13-5-6-13)12-14-7-8-17-15(10-14)16-4-2/h7-8,10,13H,3-6,9,11-12H2,1-2H3,(H,16,17). The minimum Gasteiger partial charge on any atom is -0.370 e. The van der Waals surface area contributed by atoms with Crippen LogP contribution in [-0.4, -0.2) is 29.5 Å². The summed E-state index contributed by atoms with van der Waals surface area (Å²) < 4.78 is 0. The molecule has 0 saturated heterocycles.